The maximum atomic E-state index is 11.7. The molecule has 0 fully saturated rings. The lowest BCUT2D eigenvalue weighted by molar-refractivity contribution is 0.0949. The second-order valence-electron chi connectivity index (χ2n) is 4.31. The number of thiocarbonyl (C=S) groups is 1. The van der Waals surface area contributed by atoms with Crippen molar-refractivity contribution in [2.24, 2.45) is 0 Å². The van der Waals surface area contributed by atoms with Crippen LogP contribution < -0.4 is 10.6 Å². The molecule has 2 heterocycles. The van der Waals surface area contributed by atoms with Crippen LogP contribution in [0.25, 0.3) is 11.0 Å². The highest BCUT2D eigenvalue weighted by Crippen LogP contribution is 2.09. The van der Waals surface area contributed by atoms with Gasteiger partial charge in [-0.1, -0.05) is 12.1 Å². The lowest BCUT2D eigenvalue weighted by Crippen LogP contribution is -2.38. The van der Waals surface area contributed by atoms with E-state index in [9.17, 15) is 4.79 Å². The van der Waals surface area contributed by atoms with E-state index in [1.165, 1.54) is 6.26 Å². The van der Waals surface area contributed by atoms with Gasteiger partial charge in [0.15, 0.2) is 10.9 Å². The summed E-state index contributed by atoms with van der Waals surface area (Å²) in [7, 11) is 0. The smallest absolute Gasteiger partial charge is 0.293 e. The number of carbonyl (C=O) groups excluding carboxylic acids is 1. The van der Waals surface area contributed by atoms with Crippen molar-refractivity contribution >= 4 is 34.3 Å². The maximum absolute atomic E-state index is 11.7. The third-order valence-corrected chi connectivity index (χ3v) is 3.07. The molecule has 2 aromatic heterocycles. The Morgan fingerprint density at radius 2 is 2.14 bits per heavy atom. The van der Waals surface area contributed by atoms with Crippen LogP contribution in [-0.4, -0.2) is 21.0 Å². The van der Waals surface area contributed by atoms with Crippen LogP contribution >= 0.6 is 12.2 Å². The Kier molecular flexibility index (Phi) is 3.65. The van der Waals surface area contributed by atoms with Crippen molar-refractivity contribution in [2.45, 2.75) is 6.54 Å². The molecule has 0 atom stereocenters. The molecule has 0 aliphatic carbocycles. The Labute approximate surface area is 125 Å². The van der Waals surface area contributed by atoms with Gasteiger partial charge in [-0.3, -0.25) is 10.1 Å². The molecule has 0 aliphatic rings. The fourth-order valence-electron chi connectivity index (χ4n) is 1.87. The first-order chi connectivity index (χ1) is 10.2. The Morgan fingerprint density at radius 3 is 2.90 bits per heavy atom. The van der Waals surface area contributed by atoms with Gasteiger partial charge in [-0.05, 0) is 36.5 Å². The van der Waals surface area contributed by atoms with Crippen molar-refractivity contribution in [3.8, 4) is 0 Å². The number of benzene rings is 1. The third kappa shape index (κ3) is 3.09. The number of aromatic nitrogens is 2. The first-order valence-corrected chi connectivity index (χ1v) is 6.69. The number of imidazole rings is 1. The molecule has 1 aromatic carbocycles. The van der Waals surface area contributed by atoms with Gasteiger partial charge in [0.25, 0.3) is 5.91 Å². The van der Waals surface area contributed by atoms with Crippen LogP contribution in [0.5, 0.6) is 0 Å². The van der Waals surface area contributed by atoms with Crippen molar-refractivity contribution < 1.29 is 9.21 Å². The van der Waals surface area contributed by atoms with Gasteiger partial charge in [-0.15, -0.1) is 0 Å². The number of hydrogen-bond acceptors (Lipinski definition) is 4. The van der Waals surface area contributed by atoms with Crippen LogP contribution in [0, 0.1) is 0 Å². The molecule has 0 saturated heterocycles. The zero-order chi connectivity index (χ0) is 14.7. The summed E-state index contributed by atoms with van der Waals surface area (Å²) in [6.45, 7) is 0.395. The highest BCUT2D eigenvalue weighted by Gasteiger charge is 2.10. The van der Waals surface area contributed by atoms with Crippen LogP contribution in [-0.2, 0) is 6.54 Å². The minimum Gasteiger partial charge on any atom is -0.459 e. The van der Waals surface area contributed by atoms with E-state index < -0.39 is 0 Å². The quantitative estimate of drug-likeness (QED) is 0.644. The maximum Gasteiger partial charge on any atom is 0.293 e. The summed E-state index contributed by atoms with van der Waals surface area (Å²) in [6.07, 6.45) is 1.43. The number of aromatic amines is 1. The summed E-state index contributed by atoms with van der Waals surface area (Å²) in [4.78, 5) is 19.3. The number of rotatable bonds is 3. The molecule has 0 aliphatic heterocycles. The van der Waals surface area contributed by atoms with Crippen molar-refractivity contribution in [1.29, 1.82) is 0 Å². The van der Waals surface area contributed by atoms with Gasteiger partial charge in [0, 0.05) is 0 Å². The number of hydrogen-bond donors (Lipinski definition) is 3. The van der Waals surface area contributed by atoms with Gasteiger partial charge in [-0.2, -0.15) is 0 Å². The summed E-state index contributed by atoms with van der Waals surface area (Å²) in [5.41, 5.74) is 1.85. The predicted octanol–water partition coefficient (Wildman–Crippen LogP) is 1.96. The summed E-state index contributed by atoms with van der Waals surface area (Å²) in [5, 5.41) is 5.67. The fourth-order valence-corrected chi connectivity index (χ4v) is 2.03. The highest BCUT2D eigenvalue weighted by atomic mass is 32.1. The van der Waals surface area contributed by atoms with Gasteiger partial charge in [0.05, 0.1) is 23.8 Å². The SMILES string of the molecule is O=C(NC(=S)NCc1nc2ccccc2[nH]1)c1ccco1. The van der Waals surface area contributed by atoms with E-state index in [1.54, 1.807) is 12.1 Å². The standard InChI is InChI=1S/C14H12N4O2S/c19-13(11-6-3-7-20-11)18-14(21)15-8-12-16-9-4-1-2-5-10(9)17-12/h1-7H,8H2,(H,16,17)(H2,15,18,19,21). The van der Waals surface area contributed by atoms with Gasteiger partial charge in [0.1, 0.15) is 5.82 Å². The Balaban J connectivity index is 1.57. The summed E-state index contributed by atoms with van der Waals surface area (Å²) < 4.78 is 4.98. The summed E-state index contributed by atoms with van der Waals surface area (Å²) in [5.74, 6) is 0.566. The van der Waals surface area contributed by atoms with E-state index in [-0.39, 0.29) is 16.8 Å². The number of nitrogens with zero attached hydrogens (tertiary/aromatic N) is 1. The zero-order valence-corrected chi connectivity index (χ0v) is 11.7. The average Bonchev–Trinajstić information content (AvgIpc) is 3.14. The normalized spacial score (nSPS) is 10.5. The number of amides is 1. The molecule has 3 N–H and O–H groups in total. The monoisotopic (exact) mass is 300 g/mol. The Morgan fingerprint density at radius 1 is 1.29 bits per heavy atom. The van der Waals surface area contributed by atoms with Gasteiger partial charge in [-0.25, -0.2) is 4.98 Å². The molecule has 6 nitrogen and oxygen atoms in total. The number of furan rings is 1. The van der Waals surface area contributed by atoms with Gasteiger partial charge >= 0.3 is 0 Å². The van der Waals surface area contributed by atoms with Crippen LogP contribution in [0.15, 0.2) is 47.1 Å². The second kappa shape index (κ2) is 5.76. The molecule has 3 rings (SSSR count). The average molecular weight is 300 g/mol. The van der Waals surface area contributed by atoms with E-state index in [0.717, 1.165) is 16.9 Å². The molecule has 0 saturated carbocycles. The van der Waals surface area contributed by atoms with Crippen molar-refractivity contribution in [3.05, 3.63) is 54.2 Å². The molecular weight excluding hydrogens is 288 g/mol. The molecule has 3 aromatic rings. The third-order valence-electron chi connectivity index (χ3n) is 2.83. The van der Waals surface area contributed by atoms with Gasteiger partial charge in [0.2, 0.25) is 0 Å². The first-order valence-electron chi connectivity index (χ1n) is 6.29. The molecular formula is C14H12N4O2S. The summed E-state index contributed by atoms with van der Waals surface area (Å²) in [6, 6.07) is 10.9. The van der Waals surface area contributed by atoms with Crippen LogP contribution in [0.1, 0.15) is 16.4 Å². The number of para-hydroxylation sites is 2. The topological polar surface area (TPSA) is 83.0 Å². The molecule has 0 radical (unpaired) electrons. The largest absolute Gasteiger partial charge is 0.459 e. The molecule has 106 valence electrons. The second-order valence-corrected chi connectivity index (χ2v) is 4.72. The molecule has 21 heavy (non-hydrogen) atoms. The minimum absolute atomic E-state index is 0.211. The number of carbonyl (C=O) groups is 1. The number of H-pyrrole nitrogens is 1. The van der Waals surface area contributed by atoms with E-state index in [0.29, 0.717) is 6.54 Å². The van der Waals surface area contributed by atoms with E-state index >= 15 is 0 Å². The summed E-state index contributed by atoms with van der Waals surface area (Å²) >= 11 is 5.06. The van der Waals surface area contributed by atoms with Crippen LogP contribution in [0.2, 0.25) is 0 Å². The zero-order valence-electron chi connectivity index (χ0n) is 10.9. The molecule has 0 bridgehead atoms. The fraction of sp³-hybridized carbons (Fsp3) is 0.0714. The van der Waals surface area contributed by atoms with E-state index in [4.69, 9.17) is 16.6 Å². The number of nitrogens with one attached hydrogen (secondary N) is 3. The van der Waals surface area contributed by atoms with Crippen molar-refractivity contribution in [3.63, 3.8) is 0 Å². The highest BCUT2D eigenvalue weighted by molar-refractivity contribution is 7.80. The molecule has 0 unspecified atom stereocenters. The Hall–Kier alpha value is -2.67. The first kappa shape index (κ1) is 13.3. The minimum atomic E-state index is -0.387. The van der Waals surface area contributed by atoms with E-state index in [1.807, 2.05) is 24.3 Å². The Bertz CT molecular complexity index is 746. The van der Waals surface area contributed by atoms with Crippen molar-refractivity contribution in [1.82, 2.24) is 20.6 Å². The molecule has 7 heteroatoms. The van der Waals surface area contributed by atoms with Crippen molar-refractivity contribution in [2.75, 3.05) is 0 Å². The van der Waals surface area contributed by atoms with Crippen LogP contribution in [0.4, 0.5) is 0 Å². The van der Waals surface area contributed by atoms with E-state index in [2.05, 4.69) is 20.6 Å². The lowest BCUT2D eigenvalue weighted by atomic mass is 10.3. The molecule has 1 amide bonds. The lowest BCUT2D eigenvalue weighted by Gasteiger charge is -2.06. The predicted molar refractivity (Wildman–Crippen MR) is 81.7 cm³/mol. The number of fused-ring (bicyclic) bond motifs is 1. The van der Waals surface area contributed by atoms with Crippen LogP contribution in [0.3, 0.4) is 0 Å². The van der Waals surface area contributed by atoms with Gasteiger partial charge < -0.3 is 14.7 Å². The molecule has 0 spiro atoms.